The Balaban J connectivity index is 1.88. The largest absolute Gasteiger partial charge is 0.345 e. The summed E-state index contributed by atoms with van der Waals surface area (Å²) in [7, 11) is 0. The van der Waals surface area contributed by atoms with Crippen molar-refractivity contribution < 1.29 is 4.79 Å². The third kappa shape index (κ3) is 2.84. The number of amides is 1. The number of hydrogen-bond acceptors (Lipinski definition) is 3. The van der Waals surface area contributed by atoms with E-state index in [9.17, 15) is 4.79 Å². The first-order valence-electron chi connectivity index (χ1n) is 6.84. The van der Waals surface area contributed by atoms with Gasteiger partial charge in [0.05, 0.1) is 11.1 Å². The van der Waals surface area contributed by atoms with Gasteiger partial charge in [0.15, 0.2) is 0 Å². The second kappa shape index (κ2) is 6.05. The SMILES string of the molecule is CC(N)c1ccc(C(=O)Nc2ccnc3[nH]cc(I)c23)cc1. The Kier molecular flexibility index (Phi) is 4.12. The lowest BCUT2D eigenvalue weighted by Gasteiger charge is -2.09. The van der Waals surface area contributed by atoms with E-state index >= 15 is 0 Å². The predicted molar refractivity (Wildman–Crippen MR) is 95.8 cm³/mol. The second-order valence-corrected chi connectivity index (χ2v) is 6.25. The zero-order valence-corrected chi connectivity index (χ0v) is 14.1. The van der Waals surface area contributed by atoms with E-state index in [0.29, 0.717) is 5.56 Å². The van der Waals surface area contributed by atoms with Gasteiger partial charge >= 0.3 is 0 Å². The Morgan fingerprint density at radius 3 is 2.73 bits per heavy atom. The van der Waals surface area contributed by atoms with Crippen LogP contribution in [0.25, 0.3) is 11.0 Å². The zero-order valence-electron chi connectivity index (χ0n) is 11.9. The molecular formula is C16H15IN4O. The molecule has 5 nitrogen and oxygen atoms in total. The maximum absolute atomic E-state index is 12.4. The number of aromatic amines is 1. The summed E-state index contributed by atoms with van der Waals surface area (Å²) in [4.78, 5) is 19.7. The molecule has 1 unspecified atom stereocenters. The number of rotatable bonds is 3. The highest BCUT2D eigenvalue weighted by Crippen LogP contribution is 2.26. The van der Waals surface area contributed by atoms with E-state index < -0.39 is 0 Å². The van der Waals surface area contributed by atoms with Crippen LogP contribution in [0, 0.1) is 3.57 Å². The lowest BCUT2D eigenvalue weighted by molar-refractivity contribution is 0.102. The first-order valence-corrected chi connectivity index (χ1v) is 7.92. The minimum atomic E-state index is -0.152. The molecule has 4 N–H and O–H groups in total. The number of H-pyrrole nitrogens is 1. The third-order valence-electron chi connectivity index (χ3n) is 3.47. The molecule has 3 rings (SSSR count). The van der Waals surface area contributed by atoms with Crippen LogP contribution in [-0.2, 0) is 0 Å². The fraction of sp³-hybridized carbons (Fsp3) is 0.125. The van der Waals surface area contributed by atoms with Crippen LogP contribution in [0.2, 0.25) is 0 Å². The molecule has 0 aliphatic heterocycles. The number of anilines is 1. The van der Waals surface area contributed by atoms with Gasteiger partial charge in [-0.15, -0.1) is 0 Å². The number of fused-ring (bicyclic) bond motifs is 1. The average molecular weight is 406 g/mol. The van der Waals surface area contributed by atoms with E-state index in [1.165, 1.54) is 0 Å². The standard InChI is InChI=1S/C16H15IN4O/c1-9(18)10-2-4-11(5-3-10)16(22)21-13-6-7-19-15-14(13)12(17)8-20-15/h2-9H,18H2,1H3,(H2,19,20,21,22). The summed E-state index contributed by atoms with van der Waals surface area (Å²) in [6.07, 6.45) is 3.54. The molecule has 6 heteroatoms. The van der Waals surface area contributed by atoms with Crippen LogP contribution in [0.5, 0.6) is 0 Å². The van der Waals surface area contributed by atoms with Crippen LogP contribution < -0.4 is 11.1 Å². The fourth-order valence-corrected chi connectivity index (χ4v) is 2.96. The fourth-order valence-electron chi connectivity index (χ4n) is 2.25. The highest BCUT2D eigenvalue weighted by atomic mass is 127. The van der Waals surface area contributed by atoms with Gasteiger partial charge in [-0.25, -0.2) is 4.98 Å². The molecule has 0 aliphatic rings. The van der Waals surface area contributed by atoms with Crippen LogP contribution in [0.4, 0.5) is 5.69 Å². The van der Waals surface area contributed by atoms with Gasteiger partial charge in [-0.05, 0) is 53.3 Å². The topological polar surface area (TPSA) is 83.8 Å². The molecule has 1 atom stereocenters. The number of pyridine rings is 1. The Morgan fingerprint density at radius 1 is 1.32 bits per heavy atom. The molecular weight excluding hydrogens is 391 g/mol. The predicted octanol–water partition coefficient (Wildman–Crippen LogP) is 3.44. The molecule has 3 aromatic rings. The summed E-state index contributed by atoms with van der Waals surface area (Å²) in [5.74, 6) is -0.152. The highest BCUT2D eigenvalue weighted by molar-refractivity contribution is 14.1. The number of hydrogen-bond donors (Lipinski definition) is 3. The third-order valence-corrected chi connectivity index (χ3v) is 4.32. The van der Waals surface area contributed by atoms with Crippen molar-refractivity contribution in [1.82, 2.24) is 9.97 Å². The van der Waals surface area contributed by atoms with Crippen molar-refractivity contribution in [2.24, 2.45) is 5.73 Å². The van der Waals surface area contributed by atoms with Crippen molar-refractivity contribution in [3.05, 3.63) is 57.4 Å². The maximum Gasteiger partial charge on any atom is 0.255 e. The molecule has 22 heavy (non-hydrogen) atoms. The van der Waals surface area contributed by atoms with Crippen molar-refractivity contribution in [3.63, 3.8) is 0 Å². The smallest absolute Gasteiger partial charge is 0.255 e. The van der Waals surface area contributed by atoms with Gasteiger partial charge in [0, 0.05) is 27.6 Å². The Labute approximate surface area is 141 Å². The van der Waals surface area contributed by atoms with Crippen LogP contribution in [0.1, 0.15) is 28.9 Å². The van der Waals surface area contributed by atoms with Gasteiger partial charge in [0.25, 0.3) is 5.91 Å². The van der Waals surface area contributed by atoms with Gasteiger partial charge in [-0.3, -0.25) is 4.79 Å². The van der Waals surface area contributed by atoms with E-state index in [1.54, 1.807) is 24.4 Å². The van der Waals surface area contributed by atoms with Gasteiger partial charge in [0.1, 0.15) is 5.65 Å². The highest BCUT2D eigenvalue weighted by Gasteiger charge is 2.12. The molecule has 2 heterocycles. The molecule has 1 amide bonds. The molecule has 0 spiro atoms. The summed E-state index contributed by atoms with van der Waals surface area (Å²) >= 11 is 2.22. The number of nitrogens with one attached hydrogen (secondary N) is 2. The monoisotopic (exact) mass is 406 g/mol. The van der Waals surface area contributed by atoms with Crippen molar-refractivity contribution >= 4 is 45.2 Å². The van der Waals surface area contributed by atoms with Crippen LogP contribution in [-0.4, -0.2) is 15.9 Å². The normalized spacial score (nSPS) is 12.3. The molecule has 0 radical (unpaired) electrons. The molecule has 0 saturated heterocycles. The van der Waals surface area contributed by atoms with E-state index in [-0.39, 0.29) is 11.9 Å². The summed E-state index contributed by atoms with van der Waals surface area (Å²) in [5, 5.41) is 3.86. The molecule has 0 bridgehead atoms. The number of carbonyl (C=O) groups excluding carboxylic acids is 1. The van der Waals surface area contributed by atoms with Crippen molar-refractivity contribution in [2.75, 3.05) is 5.32 Å². The quantitative estimate of drug-likeness (QED) is 0.583. The van der Waals surface area contributed by atoms with Crippen molar-refractivity contribution in [2.45, 2.75) is 13.0 Å². The number of halogens is 1. The summed E-state index contributed by atoms with van der Waals surface area (Å²) in [6, 6.07) is 9.08. The molecule has 2 aromatic heterocycles. The molecule has 112 valence electrons. The Bertz CT molecular complexity index is 824. The van der Waals surface area contributed by atoms with E-state index in [0.717, 1.165) is 25.9 Å². The van der Waals surface area contributed by atoms with E-state index in [1.807, 2.05) is 25.3 Å². The number of benzene rings is 1. The molecule has 0 fully saturated rings. The second-order valence-electron chi connectivity index (χ2n) is 5.08. The molecule has 0 saturated carbocycles. The van der Waals surface area contributed by atoms with Gasteiger partial charge in [-0.1, -0.05) is 12.1 Å². The van der Waals surface area contributed by atoms with Gasteiger partial charge < -0.3 is 16.0 Å². The zero-order chi connectivity index (χ0) is 15.7. The first kappa shape index (κ1) is 15.0. The number of nitrogens with two attached hydrogens (primary N) is 1. The minimum absolute atomic E-state index is 0.0432. The minimum Gasteiger partial charge on any atom is -0.345 e. The van der Waals surface area contributed by atoms with Gasteiger partial charge in [-0.2, -0.15) is 0 Å². The molecule has 1 aromatic carbocycles. The maximum atomic E-state index is 12.4. The van der Waals surface area contributed by atoms with Crippen molar-refractivity contribution in [1.29, 1.82) is 0 Å². The Hall–Kier alpha value is -1.93. The van der Waals surface area contributed by atoms with Crippen LogP contribution >= 0.6 is 22.6 Å². The number of aromatic nitrogens is 2. The molecule has 0 aliphatic carbocycles. The lowest BCUT2D eigenvalue weighted by Crippen LogP contribution is -2.13. The number of nitrogens with zero attached hydrogens (tertiary/aromatic N) is 1. The van der Waals surface area contributed by atoms with Crippen LogP contribution in [0.3, 0.4) is 0 Å². The first-order chi connectivity index (χ1) is 10.6. The summed E-state index contributed by atoms with van der Waals surface area (Å²) in [5.41, 5.74) is 8.92. The Morgan fingerprint density at radius 2 is 2.05 bits per heavy atom. The van der Waals surface area contributed by atoms with E-state index in [4.69, 9.17) is 5.73 Å². The lowest BCUT2D eigenvalue weighted by atomic mass is 10.1. The summed E-state index contributed by atoms with van der Waals surface area (Å²) < 4.78 is 1.02. The average Bonchev–Trinajstić information content (AvgIpc) is 2.90. The van der Waals surface area contributed by atoms with E-state index in [2.05, 4.69) is 37.9 Å². The number of carbonyl (C=O) groups is 1. The van der Waals surface area contributed by atoms with Crippen LogP contribution in [0.15, 0.2) is 42.7 Å². The van der Waals surface area contributed by atoms with Gasteiger partial charge in [0.2, 0.25) is 0 Å². The summed E-state index contributed by atoms with van der Waals surface area (Å²) in [6.45, 7) is 1.91. The van der Waals surface area contributed by atoms with Crippen molar-refractivity contribution in [3.8, 4) is 0 Å².